The van der Waals surface area contributed by atoms with Gasteiger partial charge in [-0.1, -0.05) is 12.6 Å². The molecule has 2 aromatic heterocycles. The molecule has 26 heavy (non-hydrogen) atoms. The Morgan fingerprint density at radius 1 is 1.31 bits per heavy atom. The van der Waals surface area contributed by atoms with Crippen molar-refractivity contribution in [3.8, 4) is 5.75 Å². The molecule has 4 rings (SSSR count). The summed E-state index contributed by atoms with van der Waals surface area (Å²) in [6.07, 6.45) is 3.49. The van der Waals surface area contributed by atoms with Crippen molar-refractivity contribution < 1.29 is 13.9 Å². The minimum Gasteiger partial charge on any atom is -0.508 e. The van der Waals surface area contributed by atoms with E-state index in [9.17, 15) is 9.50 Å². The Balaban J connectivity index is 2.00. The molecule has 0 fully saturated rings. The van der Waals surface area contributed by atoms with Crippen LogP contribution in [0.3, 0.4) is 0 Å². The summed E-state index contributed by atoms with van der Waals surface area (Å²) in [4.78, 5) is 4.62. The van der Waals surface area contributed by atoms with Gasteiger partial charge in [-0.2, -0.15) is 0 Å². The van der Waals surface area contributed by atoms with Gasteiger partial charge in [0.1, 0.15) is 11.6 Å². The van der Waals surface area contributed by atoms with E-state index in [2.05, 4.69) is 16.9 Å². The van der Waals surface area contributed by atoms with Crippen LogP contribution in [0.25, 0.3) is 0 Å². The number of rotatable bonds is 2. The number of aryl methyl sites for hydroxylation is 1. The lowest BCUT2D eigenvalue weighted by atomic mass is 9.97. The van der Waals surface area contributed by atoms with E-state index in [4.69, 9.17) is 4.42 Å². The normalized spacial score (nSPS) is 17.3. The number of anilines is 1. The number of nitrogens with one attached hydrogen (secondary N) is 1. The first-order valence-electron chi connectivity index (χ1n) is 8.18. The maximum absolute atomic E-state index is 14.6. The molecule has 6 heteroatoms. The van der Waals surface area contributed by atoms with Gasteiger partial charge in [0.2, 0.25) is 5.88 Å². The number of benzene rings is 1. The summed E-state index contributed by atoms with van der Waals surface area (Å²) in [6.45, 7) is 5.71. The van der Waals surface area contributed by atoms with Crippen LogP contribution in [0.15, 0.2) is 64.5 Å². The molecule has 0 amide bonds. The molecule has 2 N–H and O–H groups in total. The van der Waals surface area contributed by atoms with E-state index in [1.54, 1.807) is 12.3 Å². The first-order chi connectivity index (χ1) is 12.5. The van der Waals surface area contributed by atoms with Crippen LogP contribution in [-0.4, -0.2) is 15.4 Å². The molecule has 3 heterocycles. The average molecular weight is 351 g/mol. The quantitative estimate of drug-likeness (QED) is 0.721. The van der Waals surface area contributed by atoms with Crippen molar-refractivity contribution in [2.24, 2.45) is 12.0 Å². The Kier molecular flexibility index (Phi) is 3.68. The predicted molar refractivity (Wildman–Crippen MR) is 98.1 cm³/mol. The smallest absolute Gasteiger partial charge is 0.202 e. The fourth-order valence-electron chi connectivity index (χ4n) is 3.33. The van der Waals surface area contributed by atoms with Crippen molar-refractivity contribution in [3.05, 3.63) is 83.3 Å². The molecule has 3 aromatic rings. The summed E-state index contributed by atoms with van der Waals surface area (Å²) in [7, 11) is 1.92. The van der Waals surface area contributed by atoms with Gasteiger partial charge >= 0.3 is 0 Å². The second-order valence-electron chi connectivity index (χ2n) is 6.37. The molecule has 0 saturated carbocycles. The van der Waals surface area contributed by atoms with E-state index in [0.717, 1.165) is 28.6 Å². The number of aliphatic imine (C=N–C) groups is 1. The van der Waals surface area contributed by atoms with Crippen LogP contribution in [0.1, 0.15) is 35.3 Å². The SMILES string of the molecule is C=C(C)N=C1c2ccoc2NC(c2ccc(O)cc2F)c2ccn(C)c21. The maximum atomic E-state index is 14.6. The van der Waals surface area contributed by atoms with Gasteiger partial charge in [-0.05, 0) is 25.1 Å². The minimum atomic E-state index is -0.495. The molecule has 0 aliphatic carbocycles. The molecule has 132 valence electrons. The molecule has 0 spiro atoms. The van der Waals surface area contributed by atoms with Gasteiger partial charge in [-0.15, -0.1) is 0 Å². The van der Waals surface area contributed by atoms with E-state index < -0.39 is 11.9 Å². The van der Waals surface area contributed by atoms with Gasteiger partial charge in [0.15, 0.2) is 0 Å². The van der Waals surface area contributed by atoms with Crippen molar-refractivity contribution >= 4 is 11.6 Å². The van der Waals surface area contributed by atoms with Gasteiger partial charge in [0, 0.05) is 36.1 Å². The highest BCUT2D eigenvalue weighted by Gasteiger charge is 2.32. The highest BCUT2D eigenvalue weighted by atomic mass is 19.1. The van der Waals surface area contributed by atoms with Gasteiger partial charge in [0.25, 0.3) is 0 Å². The highest BCUT2D eigenvalue weighted by molar-refractivity contribution is 6.16. The topological polar surface area (TPSA) is 62.7 Å². The number of aromatic nitrogens is 1. The Labute approximate surface area is 150 Å². The number of allylic oxidation sites excluding steroid dienone is 1. The minimum absolute atomic E-state index is 0.114. The van der Waals surface area contributed by atoms with Crippen LogP contribution >= 0.6 is 0 Å². The molecular weight excluding hydrogens is 333 g/mol. The number of aromatic hydroxyl groups is 1. The molecule has 1 atom stereocenters. The van der Waals surface area contributed by atoms with Crippen LogP contribution in [0.4, 0.5) is 10.3 Å². The zero-order valence-corrected chi connectivity index (χ0v) is 14.5. The van der Waals surface area contributed by atoms with Crippen molar-refractivity contribution in [2.45, 2.75) is 13.0 Å². The Hall–Kier alpha value is -3.28. The lowest BCUT2D eigenvalue weighted by Crippen LogP contribution is -2.14. The monoisotopic (exact) mass is 351 g/mol. The fraction of sp³-hybridized carbons (Fsp3) is 0.150. The summed E-state index contributed by atoms with van der Waals surface area (Å²) in [6, 6.07) is 7.42. The van der Waals surface area contributed by atoms with Gasteiger partial charge in [0.05, 0.1) is 29.3 Å². The first-order valence-corrected chi connectivity index (χ1v) is 8.18. The summed E-state index contributed by atoms with van der Waals surface area (Å²) in [5, 5.41) is 12.8. The number of furan rings is 1. The number of hydrogen-bond donors (Lipinski definition) is 2. The third kappa shape index (κ3) is 2.50. The van der Waals surface area contributed by atoms with Crippen LogP contribution < -0.4 is 5.32 Å². The summed E-state index contributed by atoms with van der Waals surface area (Å²) < 4.78 is 22.1. The molecule has 0 radical (unpaired) electrons. The molecule has 1 aromatic carbocycles. The predicted octanol–water partition coefficient (Wildman–Crippen LogP) is 4.35. The largest absolute Gasteiger partial charge is 0.508 e. The van der Waals surface area contributed by atoms with Gasteiger partial charge in [-0.3, -0.25) is 4.99 Å². The number of hydrogen-bond acceptors (Lipinski definition) is 4. The zero-order valence-electron chi connectivity index (χ0n) is 14.5. The zero-order chi connectivity index (χ0) is 18.4. The van der Waals surface area contributed by atoms with Crippen molar-refractivity contribution in [3.63, 3.8) is 0 Å². The van der Waals surface area contributed by atoms with Crippen LogP contribution in [0.2, 0.25) is 0 Å². The molecule has 1 aliphatic heterocycles. The molecule has 0 saturated heterocycles. The number of phenols is 1. The van der Waals surface area contributed by atoms with E-state index in [-0.39, 0.29) is 5.75 Å². The summed E-state index contributed by atoms with van der Waals surface area (Å²) in [5.74, 6) is -0.0965. The maximum Gasteiger partial charge on any atom is 0.202 e. The van der Waals surface area contributed by atoms with E-state index in [1.165, 1.54) is 6.07 Å². The first kappa shape index (κ1) is 16.2. The average Bonchev–Trinajstić information content (AvgIpc) is 3.15. The third-order valence-corrected chi connectivity index (χ3v) is 4.43. The van der Waals surface area contributed by atoms with E-state index in [1.807, 2.05) is 36.9 Å². The number of nitrogens with zero attached hydrogens (tertiary/aromatic N) is 2. The van der Waals surface area contributed by atoms with E-state index >= 15 is 0 Å². The second-order valence-corrected chi connectivity index (χ2v) is 6.37. The van der Waals surface area contributed by atoms with E-state index in [0.29, 0.717) is 17.1 Å². The van der Waals surface area contributed by atoms with Crippen molar-refractivity contribution in [1.29, 1.82) is 0 Å². The van der Waals surface area contributed by atoms with Crippen LogP contribution in [-0.2, 0) is 7.05 Å². The summed E-state index contributed by atoms with van der Waals surface area (Å²) in [5.41, 5.74) is 4.31. The lowest BCUT2D eigenvalue weighted by Gasteiger charge is -2.18. The third-order valence-electron chi connectivity index (χ3n) is 4.43. The fourth-order valence-corrected chi connectivity index (χ4v) is 3.33. The molecule has 1 aliphatic rings. The lowest BCUT2D eigenvalue weighted by molar-refractivity contribution is 0.467. The number of phenolic OH excluding ortho intramolecular Hbond substituents is 1. The Morgan fingerprint density at radius 3 is 2.85 bits per heavy atom. The standard InChI is InChI=1S/C20H18FN3O2/c1-11(2)22-18-15-7-9-26-20(15)23-17(14-6-8-24(3)19(14)18)13-5-4-12(25)10-16(13)21/h4-10,17,23,25H,1H2,2-3H3. The van der Waals surface area contributed by atoms with Gasteiger partial charge < -0.3 is 19.4 Å². The van der Waals surface area contributed by atoms with Crippen LogP contribution in [0, 0.1) is 5.82 Å². The molecule has 1 unspecified atom stereocenters. The van der Waals surface area contributed by atoms with Crippen molar-refractivity contribution in [1.82, 2.24) is 4.57 Å². The number of halogens is 1. The highest BCUT2D eigenvalue weighted by Crippen LogP contribution is 2.38. The molecular formula is C20H18FN3O2. The Bertz CT molecular complexity index is 1050. The summed E-state index contributed by atoms with van der Waals surface area (Å²) >= 11 is 0. The van der Waals surface area contributed by atoms with Gasteiger partial charge in [-0.25, -0.2) is 4.39 Å². The molecule has 5 nitrogen and oxygen atoms in total. The number of fused-ring (bicyclic) bond motifs is 2. The molecule has 0 bridgehead atoms. The van der Waals surface area contributed by atoms with Crippen LogP contribution in [0.5, 0.6) is 5.75 Å². The Morgan fingerprint density at radius 2 is 2.12 bits per heavy atom. The van der Waals surface area contributed by atoms with Crippen molar-refractivity contribution in [2.75, 3.05) is 5.32 Å². The second kappa shape index (κ2) is 5.91.